The van der Waals surface area contributed by atoms with Crippen molar-refractivity contribution in [1.82, 2.24) is 15.6 Å². The van der Waals surface area contributed by atoms with E-state index in [1.54, 1.807) is 6.20 Å². The molecule has 0 radical (unpaired) electrons. The SMILES string of the molecule is CC(C(=O)N[C@@H](C)c1ccccn1)C1CNC1. The standard InChI is InChI=1S/C13H19N3O/c1-9(11-7-14-8-11)13(17)16-10(2)12-5-3-4-6-15-12/h3-6,9-11,14H,7-8H2,1-2H3,(H,16,17)/t9?,10-/m0/s1. The maximum absolute atomic E-state index is 12.0. The van der Waals surface area contributed by atoms with E-state index in [1.807, 2.05) is 32.0 Å². The summed E-state index contributed by atoms with van der Waals surface area (Å²) in [4.78, 5) is 16.2. The molecule has 1 aromatic heterocycles. The molecule has 1 aliphatic heterocycles. The molecule has 1 aromatic rings. The van der Waals surface area contributed by atoms with Gasteiger partial charge in [-0.05, 0) is 38.1 Å². The first kappa shape index (κ1) is 12.0. The lowest BCUT2D eigenvalue weighted by Crippen LogP contribution is -2.49. The lowest BCUT2D eigenvalue weighted by molar-refractivity contribution is -0.127. The molecule has 1 saturated heterocycles. The molecule has 1 unspecified atom stereocenters. The van der Waals surface area contributed by atoms with Gasteiger partial charge in [-0.15, -0.1) is 0 Å². The quantitative estimate of drug-likeness (QED) is 0.819. The first-order valence-electron chi connectivity index (χ1n) is 6.10. The Morgan fingerprint density at radius 3 is 2.76 bits per heavy atom. The van der Waals surface area contributed by atoms with Gasteiger partial charge in [-0.1, -0.05) is 13.0 Å². The van der Waals surface area contributed by atoms with Crippen LogP contribution in [-0.4, -0.2) is 24.0 Å². The Morgan fingerprint density at radius 1 is 1.47 bits per heavy atom. The molecule has 4 nitrogen and oxygen atoms in total. The van der Waals surface area contributed by atoms with E-state index in [9.17, 15) is 4.79 Å². The molecule has 92 valence electrons. The summed E-state index contributed by atoms with van der Waals surface area (Å²) < 4.78 is 0. The van der Waals surface area contributed by atoms with Crippen LogP contribution in [0.2, 0.25) is 0 Å². The first-order chi connectivity index (χ1) is 8.18. The molecular formula is C13H19N3O. The highest BCUT2D eigenvalue weighted by Crippen LogP contribution is 2.17. The van der Waals surface area contributed by atoms with Gasteiger partial charge >= 0.3 is 0 Å². The number of pyridine rings is 1. The number of aromatic nitrogens is 1. The normalized spacial score (nSPS) is 19.2. The maximum Gasteiger partial charge on any atom is 0.223 e. The average Bonchev–Trinajstić information content (AvgIpc) is 2.27. The monoisotopic (exact) mass is 233 g/mol. The highest BCUT2D eigenvalue weighted by molar-refractivity contribution is 5.79. The van der Waals surface area contributed by atoms with Crippen LogP contribution in [0.4, 0.5) is 0 Å². The van der Waals surface area contributed by atoms with Gasteiger partial charge in [0.15, 0.2) is 0 Å². The summed E-state index contributed by atoms with van der Waals surface area (Å²) in [5.74, 6) is 0.669. The Bertz CT molecular complexity index is 376. The summed E-state index contributed by atoms with van der Waals surface area (Å²) in [6.07, 6.45) is 1.75. The molecular weight excluding hydrogens is 214 g/mol. The Kier molecular flexibility index (Phi) is 3.74. The average molecular weight is 233 g/mol. The number of amides is 1. The van der Waals surface area contributed by atoms with E-state index < -0.39 is 0 Å². The van der Waals surface area contributed by atoms with Gasteiger partial charge in [-0.2, -0.15) is 0 Å². The van der Waals surface area contributed by atoms with Crippen LogP contribution in [0, 0.1) is 11.8 Å². The fourth-order valence-electron chi connectivity index (χ4n) is 1.93. The molecule has 0 aromatic carbocycles. The fraction of sp³-hybridized carbons (Fsp3) is 0.538. The van der Waals surface area contributed by atoms with E-state index in [-0.39, 0.29) is 17.9 Å². The molecule has 1 aliphatic rings. The molecule has 2 N–H and O–H groups in total. The van der Waals surface area contributed by atoms with Crippen LogP contribution < -0.4 is 10.6 Å². The van der Waals surface area contributed by atoms with E-state index in [0.29, 0.717) is 5.92 Å². The third-order valence-electron chi connectivity index (χ3n) is 3.42. The second kappa shape index (κ2) is 5.27. The zero-order valence-electron chi connectivity index (χ0n) is 10.3. The third kappa shape index (κ3) is 2.82. The van der Waals surface area contributed by atoms with Gasteiger partial charge in [-0.25, -0.2) is 0 Å². The second-order valence-corrected chi connectivity index (χ2v) is 4.69. The molecule has 0 spiro atoms. The van der Waals surface area contributed by atoms with Crippen LogP contribution in [-0.2, 0) is 4.79 Å². The largest absolute Gasteiger partial charge is 0.348 e. The van der Waals surface area contributed by atoms with Crippen molar-refractivity contribution in [2.75, 3.05) is 13.1 Å². The Balaban J connectivity index is 1.89. The molecule has 1 amide bonds. The molecule has 2 heterocycles. The van der Waals surface area contributed by atoms with Gasteiger partial charge in [-0.3, -0.25) is 9.78 Å². The van der Waals surface area contributed by atoms with Gasteiger partial charge in [0.05, 0.1) is 11.7 Å². The van der Waals surface area contributed by atoms with Crippen molar-refractivity contribution >= 4 is 5.91 Å². The number of carbonyl (C=O) groups excluding carboxylic acids is 1. The predicted molar refractivity (Wildman–Crippen MR) is 66.3 cm³/mol. The number of rotatable bonds is 4. The van der Waals surface area contributed by atoms with E-state index in [4.69, 9.17) is 0 Å². The van der Waals surface area contributed by atoms with Crippen molar-refractivity contribution in [2.45, 2.75) is 19.9 Å². The maximum atomic E-state index is 12.0. The minimum Gasteiger partial charge on any atom is -0.348 e. The molecule has 2 rings (SSSR count). The van der Waals surface area contributed by atoms with Crippen LogP contribution in [0.1, 0.15) is 25.6 Å². The number of hydrogen-bond donors (Lipinski definition) is 2. The number of carbonyl (C=O) groups is 1. The van der Waals surface area contributed by atoms with Gasteiger partial charge in [0.2, 0.25) is 5.91 Å². The molecule has 0 bridgehead atoms. The van der Waals surface area contributed by atoms with Crippen molar-refractivity contribution in [3.05, 3.63) is 30.1 Å². The molecule has 1 fully saturated rings. The van der Waals surface area contributed by atoms with E-state index in [1.165, 1.54) is 0 Å². The van der Waals surface area contributed by atoms with Crippen LogP contribution >= 0.6 is 0 Å². The predicted octanol–water partition coefficient (Wildman–Crippen LogP) is 1.11. The summed E-state index contributed by atoms with van der Waals surface area (Å²) in [6, 6.07) is 5.71. The highest BCUT2D eigenvalue weighted by Gasteiger charge is 2.29. The minimum absolute atomic E-state index is 0.0285. The number of hydrogen-bond acceptors (Lipinski definition) is 3. The Labute approximate surface area is 102 Å². The molecule has 0 saturated carbocycles. The van der Waals surface area contributed by atoms with Crippen LogP contribution in [0.25, 0.3) is 0 Å². The third-order valence-corrected chi connectivity index (χ3v) is 3.42. The van der Waals surface area contributed by atoms with Crippen LogP contribution in [0.15, 0.2) is 24.4 Å². The van der Waals surface area contributed by atoms with Gasteiger partial charge < -0.3 is 10.6 Å². The van der Waals surface area contributed by atoms with Crippen LogP contribution in [0.3, 0.4) is 0 Å². The summed E-state index contributed by atoms with van der Waals surface area (Å²) in [6.45, 7) is 5.86. The van der Waals surface area contributed by atoms with E-state index in [0.717, 1.165) is 18.8 Å². The molecule has 2 atom stereocenters. The van der Waals surface area contributed by atoms with Crippen molar-refractivity contribution in [3.8, 4) is 0 Å². The summed E-state index contributed by atoms with van der Waals surface area (Å²) in [5, 5.41) is 6.21. The topological polar surface area (TPSA) is 54.0 Å². The van der Waals surface area contributed by atoms with E-state index in [2.05, 4.69) is 15.6 Å². The number of nitrogens with one attached hydrogen (secondary N) is 2. The Hall–Kier alpha value is -1.42. The Morgan fingerprint density at radius 2 is 2.24 bits per heavy atom. The van der Waals surface area contributed by atoms with Crippen molar-refractivity contribution in [3.63, 3.8) is 0 Å². The highest BCUT2D eigenvalue weighted by atomic mass is 16.1. The minimum atomic E-state index is -0.0285. The van der Waals surface area contributed by atoms with Gasteiger partial charge in [0, 0.05) is 12.1 Å². The molecule has 17 heavy (non-hydrogen) atoms. The van der Waals surface area contributed by atoms with E-state index >= 15 is 0 Å². The van der Waals surface area contributed by atoms with Crippen molar-refractivity contribution in [2.24, 2.45) is 11.8 Å². The smallest absolute Gasteiger partial charge is 0.223 e. The van der Waals surface area contributed by atoms with Gasteiger partial charge in [0.1, 0.15) is 0 Å². The number of nitrogens with zero attached hydrogens (tertiary/aromatic N) is 1. The molecule has 4 heteroatoms. The van der Waals surface area contributed by atoms with Crippen LogP contribution in [0.5, 0.6) is 0 Å². The summed E-state index contributed by atoms with van der Waals surface area (Å²) in [5.41, 5.74) is 0.903. The lowest BCUT2D eigenvalue weighted by Gasteiger charge is -2.32. The summed E-state index contributed by atoms with van der Waals surface area (Å²) in [7, 11) is 0. The van der Waals surface area contributed by atoms with Crippen molar-refractivity contribution in [1.29, 1.82) is 0 Å². The molecule has 0 aliphatic carbocycles. The first-order valence-corrected chi connectivity index (χ1v) is 6.10. The zero-order valence-corrected chi connectivity index (χ0v) is 10.3. The summed E-state index contributed by atoms with van der Waals surface area (Å²) >= 11 is 0. The fourth-order valence-corrected chi connectivity index (χ4v) is 1.93. The second-order valence-electron chi connectivity index (χ2n) is 4.69. The lowest BCUT2D eigenvalue weighted by atomic mass is 9.88. The van der Waals surface area contributed by atoms with Crippen molar-refractivity contribution < 1.29 is 4.79 Å². The zero-order chi connectivity index (χ0) is 12.3. The van der Waals surface area contributed by atoms with Gasteiger partial charge in [0.25, 0.3) is 0 Å².